The van der Waals surface area contributed by atoms with Gasteiger partial charge in [0, 0.05) is 23.9 Å². The molecule has 10 heteroatoms. The molecule has 0 bridgehead atoms. The number of hydrogen-bond acceptors (Lipinski definition) is 6. The van der Waals surface area contributed by atoms with E-state index in [0.29, 0.717) is 12.3 Å². The molecule has 1 unspecified atom stereocenters. The van der Waals surface area contributed by atoms with Gasteiger partial charge in [0.05, 0.1) is 18.7 Å². The van der Waals surface area contributed by atoms with E-state index in [1.807, 2.05) is 17.5 Å². The van der Waals surface area contributed by atoms with Gasteiger partial charge >= 0.3 is 0 Å². The molecule has 146 valence electrons. The first-order chi connectivity index (χ1) is 13.5. The molecule has 2 aromatic heterocycles. The summed E-state index contributed by atoms with van der Waals surface area (Å²) in [5, 5.41) is 4.30. The second-order valence-electron chi connectivity index (χ2n) is 6.04. The van der Waals surface area contributed by atoms with Gasteiger partial charge in [0.15, 0.2) is 5.11 Å². The van der Waals surface area contributed by atoms with Crippen molar-refractivity contribution in [1.82, 2.24) is 21.1 Å². The van der Waals surface area contributed by atoms with Crippen LogP contribution in [0.15, 0.2) is 46.4 Å². The summed E-state index contributed by atoms with van der Waals surface area (Å²) in [4.78, 5) is 38.6. The molecule has 0 radical (unpaired) electrons. The van der Waals surface area contributed by atoms with Gasteiger partial charge in [0.2, 0.25) is 17.7 Å². The third kappa shape index (κ3) is 5.51. The average molecular weight is 419 g/mol. The van der Waals surface area contributed by atoms with E-state index >= 15 is 0 Å². The van der Waals surface area contributed by atoms with E-state index in [1.165, 1.54) is 23.7 Å². The Bertz CT molecular complexity index is 878. The molecule has 1 saturated heterocycles. The molecule has 0 saturated carbocycles. The van der Waals surface area contributed by atoms with Crippen LogP contribution >= 0.6 is 23.6 Å². The van der Waals surface area contributed by atoms with Crippen molar-refractivity contribution in [3.05, 3.63) is 52.6 Å². The molecule has 2 aromatic rings. The van der Waals surface area contributed by atoms with Crippen LogP contribution in [0.2, 0.25) is 0 Å². The Morgan fingerprint density at radius 3 is 2.89 bits per heavy atom. The summed E-state index contributed by atoms with van der Waals surface area (Å²) < 4.78 is 5.23. The van der Waals surface area contributed by atoms with Gasteiger partial charge in [-0.25, -0.2) is 0 Å². The highest BCUT2D eigenvalue weighted by Crippen LogP contribution is 2.20. The van der Waals surface area contributed by atoms with E-state index in [2.05, 4.69) is 16.2 Å². The van der Waals surface area contributed by atoms with Gasteiger partial charge in [-0.05, 0) is 41.9 Å². The zero-order valence-corrected chi connectivity index (χ0v) is 16.3. The summed E-state index contributed by atoms with van der Waals surface area (Å²) in [6.07, 6.45) is 4.66. The van der Waals surface area contributed by atoms with Gasteiger partial charge < -0.3 is 9.32 Å². The summed E-state index contributed by atoms with van der Waals surface area (Å²) in [5.74, 6) is -0.757. The first kappa shape index (κ1) is 19.8. The fourth-order valence-electron chi connectivity index (χ4n) is 2.64. The van der Waals surface area contributed by atoms with Gasteiger partial charge in [0.1, 0.15) is 5.76 Å². The minimum absolute atomic E-state index is 0.0362. The SMILES string of the molecule is O=C(/C=C/c1cccs1)NC(=S)NNC(=O)C1CC(=O)N(Cc2ccco2)C1. The largest absolute Gasteiger partial charge is 0.467 e. The van der Waals surface area contributed by atoms with Crippen LogP contribution in [-0.2, 0) is 20.9 Å². The Morgan fingerprint density at radius 2 is 2.18 bits per heavy atom. The molecule has 1 aliphatic rings. The lowest BCUT2D eigenvalue weighted by atomic mass is 10.1. The summed E-state index contributed by atoms with van der Waals surface area (Å²) in [7, 11) is 0. The second kappa shape index (κ2) is 9.29. The van der Waals surface area contributed by atoms with E-state index in [4.69, 9.17) is 16.6 Å². The minimum atomic E-state index is -0.507. The fraction of sp³-hybridized carbons (Fsp3) is 0.222. The number of likely N-dealkylation sites (tertiary alicyclic amines) is 1. The number of rotatable bonds is 5. The topological polar surface area (TPSA) is 104 Å². The van der Waals surface area contributed by atoms with Gasteiger partial charge in [-0.1, -0.05) is 6.07 Å². The zero-order valence-electron chi connectivity index (χ0n) is 14.7. The summed E-state index contributed by atoms with van der Waals surface area (Å²) in [5.41, 5.74) is 4.91. The Kier molecular flexibility index (Phi) is 6.56. The highest BCUT2D eigenvalue weighted by atomic mass is 32.1. The van der Waals surface area contributed by atoms with E-state index in [9.17, 15) is 14.4 Å². The van der Waals surface area contributed by atoms with Crippen LogP contribution in [0.1, 0.15) is 17.1 Å². The minimum Gasteiger partial charge on any atom is -0.467 e. The number of amides is 3. The molecular weight excluding hydrogens is 400 g/mol. The first-order valence-corrected chi connectivity index (χ1v) is 9.72. The maximum absolute atomic E-state index is 12.2. The molecule has 0 spiro atoms. The van der Waals surface area contributed by atoms with Crippen LogP contribution in [0.4, 0.5) is 0 Å². The number of carbonyl (C=O) groups is 3. The first-order valence-electron chi connectivity index (χ1n) is 8.44. The predicted octanol–water partition coefficient (Wildman–Crippen LogP) is 1.42. The quantitative estimate of drug-likeness (QED) is 0.386. The highest BCUT2D eigenvalue weighted by molar-refractivity contribution is 7.80. The predicted molar refractivity (Wildman–Crippen MR) is 108 cm³/mol. The van der Waals surface area contributed by atoms with Crippen LogP contribution < -0.4 is 16.2 Å². The van der Waals surface area contributed by atoms with E-state index in [-0.39, 0.29) is 29.9 Å². The second-order valence-corrected chi connectivity index (χ2v) is 7.42. The van der Waals surface area contributed by atoms with Crippen molar-refractivity contribution in [2.45, 2.75) is 13.0 Å². The molecule has 1 atom stereocenters. The lowest BCUT2D eigenvalue weighted by Gasteiger charge is -2.15. The standard InChI is InChI=1S/C18H18N4O4S2/c23-15(6-5-14-4-2-8-28-14)19-18(27)21-20-17(25)12-9-16(24)22(10-12)11-13-3-1-7-26-13/h1-8,12H,9-11H2,(H,20,25)(H2,19,21,23,27)/b6-5+. The number of hydrazine groups is 1. The van der Waals surface area contributed by atoms with Crippen LogP contribution in [0.25, 0.3) is 6.08 Å². The molecule has 3 amide bonds. The molecule has 3 rings (SSSR count). The number of thiocarbonyl (C=S) groups is 1. The molecule has 0 aliphatic carbocycles. The van der Waals surface area contributed by atoms with Gasteiger partial charge in [-0.15, -0.1) is 11.3 Å². The summed E-state index contributed by atoms with van der Waals surface area (Å²) in [6.45, 7) is 0.615. The Balaban J connectivity index is 1.40. The lowest BCUT2D eigenvalue weighted by Crippen LogP contribution is -2.50. The van der Waals surface area contributed by atoms with Crippen molar-refractivity contribution in [1.29, 1.82) is 0 Å². The monoisotopic (exact) mass is 418 g/mol. The van der Waals surface area contributed by atoms with Gasteiger partial charge in [-0.3, -0.25) is 30.6 Å². The van der Waals surface area contributed by atoms with Crippen molar-refractivity contribution in [3.63, 3.8) is 0 Å². The normalized spacial score (nSPS) is 16.4. The van der Waals surface area contributed by atoms with Crippen molar-refractivity contribution in [2.24, 2.45) is 5.92 Å². The lowest BCUT2D eigenvalue weighted by molar-refractivity contribution is -0.129. The number of nitrogens with one attached hydrogen (secondary N) is 3. The van der Waals surface area contributed by atoms with Crippen LogP contribution in [-0.4, -0.2) is 34.3 Å². The number of thiophene rings is 1. The number of carbonyl (C=O) groups excluding carboxylic acids is 3. The molecule has 0 aromatic carbocycles. The van der Waals surface area contributed by atoms with Crippen molar-refractivity contribution in [3.8, 4) is 0 Å². The zero-order chi connectivity index (χ0) is 19.9. The Morgan fingerprint density at radius 1 is 1.32 bits per heavy atom. The maximum Gasteiger partial charge on any atom is 0.250 e. The molecule has 28 heavy (non-hydrogen) atoms. The summed E-state index contributed by atoms with van der Waals surface area (Å²) in [6, 6.07) is 7.28. The van der Waals surface area contributed by atoms with Crippen molar-refractivity contribution >= 4 is 52.5 Å². The van der Waals surface area contributed by atoms with Crippen molar-refractivity contribution < 1.29 is 18.8 Å². The third-order valence-corrected chi connectivity index (χ3v) is 5.03. The van der Waals surface area contributed by atoms with Gasteiger partial charge in [0.25, 0.3) is 0 Å². The molecule has 1 fully saturated rings. The Labute approximate surface area is 170 Å². The van der Waals surface area contributed by atoms with Crippen LogP contribution in [0.3, 0.4) is 0 Å². The number of furan rings is 1. The van der Waals surface area contributed by atoms with Crippen LogP contribution in [0, 0.1) is 5.92 Å². The molecular formula is C18H18N4O4S2. The van der Waals surface area contributed by atoms with Crippen LogP contribution in [0.5, 0.6) is 0 Å². The maximum atomic E-state index is 12.2. The summed E-state index contributed by atoms with van der Waals surface area (Å²) >= 11 is 6.49. The molecule has 8 nitrogen and oxygen atoms in total. The average Bonchev–Trinajstić information content (AvgIpc) is 3.41. The van der Waals surface area contributed by atoms with E-state index in [1.54, 1.807) is 23.1 Å². The Hall–Kier alpha value is -2.98. The van der Waals surface area contributed by atoms with Crippen molar-refractivity contribution in [2.75, 3.05) is 6.54 Å². The van der Waals surface area contributed by atoms with E-state index in [0.717, 1.165) is 4.88 Å². The highest BCUT2D eigenvalue weighted by Gasteiger charge is 2.34. The molecule has 3 N–H and O–H groups in total. The smallest absolute Gasteiger partial charge is 0.250 e. The fourth-order valence-corrected chi connectivity index (χ4v) is 3.41. The number of hydrogen-bond donors (Lipinski definition) is 3. The third-order valence-electron chi connectivity index (χ3n) is 3.99. The van der Waals surface area contributed by atoms with E-state index < -0.39 is 11.8 Å². The molecule has 1 aliphatic heterocycles. The van der Waals surface area contributed by atoms with Gasteiger partial charge in [-0.2, -0.15) is 0 Å². The molecule has 3 heterocycles. The number of nitrogens with zero attached hydrogens (tertiary/aromatic N) is 1.